The van der Waals surface area contributed by atoms with E-state index in [9.17, 15) is 4.79 Å². The summed E-state index contributed by atoms with van der Waals surface area (Å²) in [4.78, 5) is 14.5. The molecule has 0 bridgehead atoms. The number of carbonyl (C=O) groups excluding carboxylic acids is 1. The van der Waals surface area contributed by atoms with Gasteiger partial charge in [0, 0.05) is 30.1 Å². The summed E-state index contributed by atoms with van der Waals surface area (Å²) in [7, 11) is 0. The zero-order chi connectivity index (χ0) is 15.7. The fraction of sp³-hybridized carbons (Fsp3) is 0.400. The Morgan fingerprint density at radius 2 is 2.27 bits per heavy atom. The van der Waals surface area contributed by atoms with Crippen LogP contribution in [-0.4, -0.2) is 51.5 Å². The van der Waals surface area contributed by atoms with E-state index in [4.69, 9.17) is 0 Å². The molecule has 6 nitrogen and oxygen atoms in total. The second-order valence-electron chi connectivity index (χ2n) is 5.52. The van der Waals surface area contributed by atoms with Gasteiger partial charge >= 0.3 is 0 Å². The van der Waals surface area contributed by atoms with Crippen molar-refractivity contribution in [2.45, 2.75) is 19.9 Å². The molecule has 1 N–H and O–H groups in total. The van der Waals surface area contributed by atoms with Crippen LogP contribution in [0, 0.1) is 6.92 Å². The minimum Gasteiger partial charge on any atom is -0.334 e. The van der Waals surface area contributed by atoms with Crippen LogP contribution < -0.4 is 5.32 Å². The van der Waals surface area contributed by atoms with E-state index in [1.807, 2.05) is 36.1 Å². The first-order chi connectivity index (χ1) is 10.6. The van der Waals surface area contributed by atoms with Crippen LogP contribution in [0.4, 0.5) is 0 Å². The van der Waals surface area contributed by atoms with Crippen molar-refractivity contribution < 1.29 is 4.79 Å². The fourth-order valence-electron chi connectivity index (χ4n) is 2.65. The minimum atomic E-state index is -0.0490. The lowest BCUT2D eigenvalue weighted by Crippen LogP contribution is -2.51. The van der Waals surface area contributed by atoms with E-state index < -0.39 is 0 Å². The van der Waals surface area contributed by atoms with Crippen LogP contribution in [0.5, 0.6) is 0 Å². The van der Waals surface area contributed by atoms with Crippen molar-refractivity contribution in [2.75, 3.05) is 19.6 Å². The molecule has 1 fully saturated rings. The Bertz CT molecular complexity index is 699. The molecule has 22 heavy (non-hydrogen) atoms. The molecule has 7 heteroatoms. The number of nitrogens with zero attached hydrogens (tertiary/aromatic N) is 4. The van der Waals surface area contributed by atoms with Gasteiger partial charge in [0.25, 0.3) is 5.91 Å². The number of piperazine rings is 1. The van der Waals surface area contributed by atoms with Crippen LogP contribution in [0.3, 0.4) is 0 Å². The highest BCUT2D eigenvalue weighted by atomic mass is 79.9. The SMILES string of the molecule is Cc1c(C(=O)N2CCN[C@@H](C)C2)nnn1-c1cccc(Br)c1. The zero-order valence-corrected chi connectivity index (χ0v) is 14.2. The topological polar surface area (TPSA) is 63.1 Å². The summed E-state index contributed by atoms with van der Waals surface area (Å²) in [6.45, 7) is 6.16. The molecule has 1 saturated heterocycles. The standard InChI is InChI=1S/C15H18BrN5O/c1-10-9-20(7-6-17-10)15(22)14-11(2)21(19-18-14)13-5-3-4-12(16)8-13/h3-5,8,10,17H,6-7,9H2,1-2H3/t10-/m0/s1. The summed E-state index contributed by atoms with van der Waals surface area (Å²) >= 11 is 3.45. The highest BCUT2D eigenvalue weighted by molar-refractivity contribution is 9.10. The van der Waals surface area contributed by atoms with Crippen LogP contribution in [0.15, 0.2) is 28.7 Å². The van der Waals surface area contributed by atoms with E-state index in [2.05, 4.69) is 38.5 Å². The Labute approximate surface area is 137 Å². The normalized spacial score (nSPS) is 18.5. The molecule has 0 aliphatic carbocycles. The molecule has 2 aromatic rings. The van der Waals surface area contributed by atoms with Crippen LogP contribution in [0.25, 0.3) is 5.69 Å². The molecule has 1 aromatic carbocycles. The van der Waals surface area contributed by atoms with Gasteiger partial charge in [0.05, 0.1) is 11.4 Å². The Kier molecular flexibility index (Phi) is 4.26. The molecule has 0 saturated carbocycles. The minimum absolute atomic E-state index is 0.0490. The molecule has 1 aromatic heterocycles. The Morgan fingerprint density at radius 1 is 1.45 bits per heavy atom. The maximum absolute atomic E-state index is 12.7. The number of hydrogen-bond donors (Lipinski definition) is 1. The van der Waals surface area contributed by atoms with E-state index in [1.54, 1.807) is 4.68 Å². The largest absolute Gasteiger partial charge is 0.334 e. The summed E-state index contributed by atoms with van der Waals surface area (Å²) in [5.74, 6) is -0.0490. The molecule has 1 atom stereocenters. The third-order valence-electron chi connectivity index (χ3n) is 3.81. The van der Waals surface area contributed by atoms with Gasteiger partial charge in [0.2, 0.25) is 0 Å². The predicted molar refractivity (Wildman–Crippen MR) is 87.2 cm³/mol. The smallest absolute Gasteiger partial charge is 0.276 e. The van der Waals surface area contributed by atoms with E-state index in [0.29, 0.717) is 24.8 Å². The Balaban J connectivity index is 1.88. The van der Waals surface area contributed by atoms with Crippen LogP contribution in [0.1, 0.15) is 23.1 Å². The Hall–Kier alpha value is -1.73. The average molecular weight is 364 g/mol. The maximum Gasteiger partial charge on any atom is 0.276 e. The fourth-order valence-corrected chi connectivity index (χ4v) is 3.03. The summed E-state index contributed by atoms with van der Waals surface area (Å²) in [5.41, 5.74) is 2.07. The lowest BCUT2D eigenvalue weighted by molar-refractivity contribution is 0.0702. The average Bonchev–Trinajstić information content (AvgIpc) is 2.88. The van der Waals surface area contributed by atoms with E-state index in [-0.39, 0.29) is 5.91 Å². The van der Waals surface area contributed by atoms with Crippen molar-refractivity contribution in [2.24, 2.45) is 0 Å². The first-order valence-corrected chi connectivity index (χ1v) is 8.06. The summed E-state index contributed by atoms with van der Waals surface area (Å²) < 4.78 is 2.66. The molecular formula is C15H18BrN5O. The monoisotopic (exact) mass is 363 g/mol. The maximum atomic E-state index is 12.7. The number of halogens is 1. The zero-order valence-electron chi connectivity index (χ0n) is 12.6. The van der Waals surface area contributed by atoms with E-state index >= 15 is 0 Å². The molecule has 1 aliphatic rings. The Morgan fingerprint density at radius 3 is 3.00 bits per heavy atom. The number of benzene rings is 1. The summed E-state index contributed by atoms with van der Waals surface area (Å²) in [6.07, 6.45) is 0. The quantitative estimate of drug-likeness (QED) is 0.882. The highest BCUT2D eigenvalue weighted by Gasteiger charge is 2.26. The van der Waals surface area contributed by atoms with Crippen molar-refractivity contribution in [1.29, 1.82) is 0 Å². The molecule has 0 radical (unpaired) electrons. The van der Waals surface area contributed by atoms with Gasteiger partial charge in [-0.3, -0.25) is 4.79 Å². The number of carbonyl (C=O) groups is 1. The van der Waals surface area contributed by atoms with Crippen molar-refractivity contribution in [3.05, 3.63) is 40.1 Å². The third-order valence-corrected chi connectivity index (χ3v) is 4.30. The molecule has 116 valence electrons. The molecular weight excluding hydrogens is 346 g/mol. The number of nitrogens with one attached hydrogen (secondary N) is 1. The lowest BCUT2D eigenvalue weighted by Gasteiger charge is -2.31. The summed E-state index contributed by atoms with van der Waals surface area (Å²) in [5, 5.41) is 11.6. The number of amides is 1. The van der Waals surface area contributed by atoms with Gasteiger partial charge in [-0.15, -0.1) is 5.10 Å². The summed E-state index contributed by atoms with van der Waals surface area (Å²) in [6, 6.07) is 8.07. The van der Waals surface area contributed by atoms with Gasteiger partial charge in [-0.05, 0) is 32.0 Å². The third kappa shape index (κ3) is 2.91. The predicted octanol–water partition coefficient (Wildman–Crippen LogP) is 1.77. The molecule has 2 heterocycles. The second kappa shape index (κ2) is 6.18. The first kappa shape index (κ1) is 15.2. The molecule has 1 amide bonds. The lowest BCUT2D eigenvalue weighted by atomic mass is 10.2. The number of aromatic nitrogens is 3. The van der Waals surface area contributed by atoms with Crippen molar-refractivity contribution in [3.63, 3.8) is 0 Å². The molecule has 1 aliphatic heterocycles. The van der Waals surface area contributed by atoms with Gasteiger partial charge in [-0.2, -0.15) is 0 Å². The molecule has 0 unspecified atom stereocenters. The van der Waals surface area contributed by atoms with Crippen LogP contribution in [-0.2, 0) is 0 Å². The van der Waals surface area contributed by atoms with Crippen molar-refractivity contribution in [3.8, 4) is 5.69 Å². The van der Waals surface area contributed by atoms with E-state index in [0.717, 1.165) is 22.4 Å². The van der Waals surface area contributed by atoms with Crippen LogP contribution >= 0.6 is 15.9 Å². The highest BCUT2D eigenvalue weighted by Crippen LogP contribution is 2.18. The van der Waals surface area contributed by atoms with Crippen molar-refractivity contribution in [1.82, 2.24) is 25.2 Å². The van der Waals surface area contributed by atoms with Crippen molar-refractivity contribution >= 4 is 21.8 Å². The van der Waals surface area contributed by atoms with Gasteiger partial charge in [0.15, 0.2) is 5.69 Å². The van der Waals surface area contributed by atoms with E-state index in [1.165, 1.54) is 0 Å². The number of rotatable bonds is 2. The first-order valence-electron chi connectivity index (χ1n) is 7.27. The van der Waals surface area contributed by atoms with Crippen LogP contribution in [0.2, 0.25) is 0 Å². The van der Waals surface area contributed by atoms with Gasteiger partial charge in [-0.1, -0.05) is 27.2 Å². The van der Waals surface area contributed by atoms with Gasteiger partial charge < -0.3 is 10.2 Å². The molecule has 3 rings (SSSR count). The number of hydrogen-bond acceptors (Lipinski definition) is 4. The van der Waals surface area contributed by atoms with Gasteiger partial charge in [-0.25, -0.2) is 4.68 Å². The van der Waals surface area contributed by atoms with Gasteiger partial charge in [0.1, 0.15) is 0 Å². The second-order valence-corrected chi connectivity index (χ2v) is 6.44. The molecule has 0 spiro atoms.